The summed E-state index contributed by atoms with van der Waals surface area (Å²) in [7, 11) is 0. The Bertz CT molecular complexity index is 302. The summed E-state index contributed by atoms with van der Waals surface area (Å²) in [4.78, 5) is 15.2. The number of amides is 1. The van der Waals surface area contributed by atoms with Gasteiger partial charge in [0.2, 0.25) is 5.91 Å². The van der Waals surface area contributed by atoms with Crippen molar-refractivity contribution in [1.82, 2.24) is 20.5 Å². The van der Waals surface area contributed by atoms with E-state index < -0.39 is 0 Å². The number of nitrogens with one attached hydrogen (secondary N) is 2. The fourth-order valence-corrected chi connectivity index (χ4v) is 0.831. The maximum Gasteiger partial charge on any atom is 0.246 e. The third kappa shape index (κ3) is 5.11. The summed E-state index contributed by atoms with van der Waals surface area (Å²) in [5.41, 5.74) is -0.302. The van der Waals surface area contributed by atoms with Gasteiger partial charge in [-0.3, -0.25) is 9.89 Å². The van der Waals surface area contributed by atoms with Crippen molar-refractivity contribution in [1.29, 1.82) is 0 Å². The SMILES string of the molecule is CC(C)(C)OCC(=O)NCc1ncn[nH]1. The molecule has 0 saturated heterocycles. The fraction of sp³-hybridized carbons (Fsp3) is 0.667. The first-order chi connectivity index (χ1) is 6.97. The van der Waals surface area contributed by atoms with E-state index >= 15 is 0 Å². The fourth-order valence-electron chi connectivity index (χ4n) is 0.831. The summed E-state index contributed by atoms with van der Waals surface area (Å²) in [6.45, 7) is 6.09. The molecule has 15 heavy (non-hydrogen) atoms. The predicted molar refractivity (Wildman–Crippen MR) is 53.9 cm³/mol. The molecule has 0 spiro atoms. The van der Waals surface area contributed by atoms with Crippen LogP contribution in [0.1, 0.15) is 26.6 Å². The molecule has 0 aliphatic heterocycles. The lowest BCUT2D eigenvalue weighted by molar-refractivity contribution is -0.130. The Morgan fingerprint density at radius 2 is 2.33 bits per heavy atom. The highest BCUT2D eigenvalue weighted by Crippen LogP contribution is 2.05. The molecule has 1 rings (SSSR count). The van der Waals surface area contributed by atoms with Crippen molar-refractivity contribution in [3.63, 3.8) is 0 Å². The van der Waals surface area contributed by atoms with Gasteiger partial charge in [0.25, 0.3) is 0 Å². The highest BCUT2D eigenvalue weighted by atomic mass is 16.5. The average molecular weight is 212 g/mol. The highest BCUT2D eigenvalue weighted by molar-refractivity contribution is 5.77. The first-order valence-corrected chi connectivity index (χ1v) is 4.72. The standard InChI is InChI=1S/C9H16N4O2/c1-9(2,3)15-5-8(14)10-4-7-11-6-12-13-7/h6H,4-5H2,1-3H3,(H,10,14)(H,11,12,13). The van der Waals surface area contributed by atoms with E-state index in [0.29, 0.717) is 12.4 Å². The molecule has 1 aromatic rings. The van der Waals surface area contributed by atoms with E-state index in [1.54, 1.807) is 0 Å². The molecule has 0 radical (unpaired) electrons. The molecular weight excluding hydrogens is 196 g/mol. The van der Waals surface area contributed by atoms with E-state index in [-0.39, 0.29) is 18.1 Å². The van der Waals surface area contributed by atoms with Gasteiger partial charge in [0.05, 0.1) is 12.1 Å². The van der Waals surface area contributed by atoms with Gasteiger partial charge in [-0.1, -0.05) is 0 Å². The van der Waals surface area contributed by atoms with Gasteiger partial charge < -0.3 is 10.1 Å². The molecule has 1 aromatic heterocycles. The Hall–Kier alpha value is -1.43. The number of H-pyrrole nitrogens is 1. The second-order valence-corrected chi connectivity index (χ2v) is 4.11. The zero-order valence-corrected chi connectivity index (χ0v) is 9.20. The van der Waals surface area contributed by atoms with Crippen LogP contribution in [-0.4, -0.2) is 33.3 Å². The molecule has 1 amide bonds. The molecule has 1 heterocycles. The molecule has 0 aliphatic carbocycles. The van der Waals surface area contributed by atoms with Gasteiger partial charge in [-0.15, -0.1) is 0 Å². The lowest BCUT2D eigenvalue weighted by Gasteiger charge is -2.18. The number of hydrogen-bond acceptors (Lipinski definition) is 4. The van der Waals surface area contributed by atoms with Crippen LogP contribution in [0.5, 0.6) is 0 Å². The lowest BCUT2D eigenvalue weighted by Crippen LogP contribution is -2.32. The van der Waals surface area contributed by atoms with Crippen LogP contribution in [0, 0.1) is 0 Å². The van der Waals surface area contributed by atoms with Crippen molar-refractivity contribution < 1.29 is 9.53 Å². The number of rotatable bonds is 4. The van der Waals surface area contributed by atoms with E-state index in [1.807, 2.05) is 20.8 Å². The second-order valence-electron chi connectivity index (χ2n) is 4.11. The topological polar surface area (TPSA) is 79.9 Å². The summed E-state index contributed by atoms with van der Waals surface area (Å²) in [5, 5.41) is 8.97. The third-order valence-electron chi connectivity index (χ3n) is 1.55. The zero-order valence-electron chi connectivity index (χ0n) is 9.20. The molecule has 6 nitrogen and oxygen atoms in total. The second kappa shape index (κ2) is 4.88. The van der Waals surface area contributed by atoms with Crippen molar-refractivity contribution in [2.45, 2.75) is 32.9 Å². The van der Waals surface area contributed by atoms with E-state index in [4.69, 9.17) is 4.74 Å². The molecule has 0 fully saturated rings. The van der Waals surface area contributed by atoms with Gasteiger partial charge in [0.15, 0.2) is 0 Å². The van der Waals surface area contributed by atoms with E-state index in [1.165, 1.54) is 6.33 Å². The Morgan fingerprint density at radius 1 is 1.60 bits per heavy atom. The zero-order chi connectivity index (χ0) is 11.3. The van der Waals surface area contributed by atoms with Crippen molar-refractivity contribution >= 4 is 5.91 Å². The minimum absolute atomic E-state index is 0.0532. The van der Waals surface area contributed by atoms with Crippen molar-refractivity contribution in [2.75, 3.05) is 6.61 Å². The van der Waals surface area contributed by atoms with Gasteiger partial charge in [-0.2, -0.15) is 5.10 Å². The van der Waals surface area contributed by atoms with Crippen molar-refractivity contribution in [3.8, 4) is 0 Å². The molecule has 2 N–H and O–H groups in total. The van der Waals surface area contributed by atoms with Crippen LogP contribution in [0.25, 0.3) is 0 Å². The summed E-state index contributed by atoms with van der Waals surface area (Å²) in [6, 6.07) is 0. The van der Waals surface area contributed by atoms with Gasteiger partial charge in [-0.05, 0) is 20.8 Å². The summed E-state index contributed by atoms with van der Waals surface area (Å²) >= 11 is 0. The predicted octanol–water partition coefficient (Wildman–Crippen LogP) is 0.236. The Morgan fingerprint density at radius 3 is 2.87 bits per heavy atom. The van der Waals surface area contributed by atoms with Crippen molar-refractivity contribution in [2.24, 2.45) is 0 Å². The summed E-state index contributed by atoms with van der Waals surface area (Å²) in [5.74, 6) is 0.459. The maximum atomic E-state index is 11.3. The first kappa shape index (κ1) is 11.6. The molecular formula is C9H16N4O2. The molecule has 6 heteroatoms. The van der Waals surface area contributed by atoms with E-state index in [9.17, 15) is 4.79 Å². The van der Waals surface area contributed by atoms with Crippen LogP contribution >= 0.6 is 0 Å². The van der Waals surface area contributed by atoms with E-state index in [0.717, 1.165) is 0 Å². The number of nitrogens with zero attached hydrogens (tertiary/aromatic N) is 2. The number of aromatic amines is 1. The van der Waals surface area contributed by atoms with Gasteiger partial charge in [0, 0.05) is 0 Å². The third-order valence-corrected chi connectivity index (χ3v) is 1.55. The minimum atomic E-state index is -0.302. The Balaban J connectivity index is 2.20. The van der Waals surface area contributed by atoms with Crippen molar-refractivity contribution in [3.05, 3.63) is 12.2 Å². The molecule has 0 saturated carbocycles. The van der Waals surface area contributed by atoms with Gasteiger partial charge in [0.1, 0.15) is 18.8 Å². The Kier molecular flexibility index (Phi) is 3.79. The highest BCUT2D eigenvalue weighted by Gasteiger charge is 2.12. The number of ether oxygens (including phenoxy) is 1. The molecule has 0 atom stereocenters. The Labute approximate surface area is 88.4 Å². The molecule has 0 aromatic carbocycles. The minimum Gasteiger partial charge on any atom is -0.366 e. The van der Waals surface area contributed by atoms with Crippen LogP contribution in [0.3, 0.4) is 0 Å². The van der Waals surface area contributed by atoms with Gasteiger partial charge in [-0.25, -0.2) is 4.98 Å². The lowest BCUT2D eigenvalue weighted by atomic mass is 10.2. The number of carbonyl (C=O) groups is 1. The molecule has 0 aliphatic rings. The monoisotopic (exact) mass is 212 g/mol. The normalized spacial score (nSPS) is 11.4. The van der Waals surface area contributed by atoms with Crippen LogP contribution < -0.4 is 5.32 Å². The molecule has 0 bridgehead atoms. The van der Waals surface area contributed by atoms with Crippen LogP contribution in [0.2, 0.25) is 0 Å². The summed E-state index contributed by atoms with van der Waals surface area (Å²) < 4.78 is 5.30. The number of hydrogen-bond donors (Lipinski definition) is 2. The summed E-state index contributed by atoms with van der Waals surface area (Å²) in [6.07, 6.45) is 1.40. The van der Waals surface area contributed by atoms with Crippen LogP contribution in [0.15, 0.2) is 6.33 Å². The average Bonchev–Trinajstić information content (AvgIpc) is 2.62. The molecule has 0 unspecified atom stereocenters. The van der Waals surface area contributed by atoms with Crippen LogP contribution in [0.4, 0.5) is 0 Å². The van der Waals surface area contributed by atoms with Crippen LogP contribution in [-0.2, 0) is 16.1 Å². The molecule has 84 valence electrons. The first-order valence-electron chi connectivity index (χ1n) is 4.72. The van der Waals surface area contributed by atoms with E-state index in [2.05, 4.69) is 20.5 Å². The number of aromatic nitrogens is 3. The largest absolute Gasteiger partial charge is 0.366 e. The maximum absolute atomic E-state index is 11.3. The quantitative estimate of drug-likeness (QED) is 0.749. The van der Waals surface area contributed by atoms with Gasteiger partial charge >= 0.3 is 0 Å². The smallest absolute Gasteiger partial charge is 0.246 e. The number of carbonyl (C=O) groups excluding carboxylic acids is 1.